The van der Waals surface area contributed by atoms with E-state index in [2.05, 4.69) is 20.7 Å². The third kappa shape index (κ3) is 2.87. The van der Waals surface area contributed by atoms with Crippen molar-refractivity contribution in [2.24, 2.45) is 0 Å². The van der Waals surface area contributed by atoms with E-state index in [0.29, 0.717) is 0 Å². The van der Waals surface area contributed by atoms with Crippen molar-refractivity contribution in [3.63, 3.8) is 0 Å². The van der Waals surface area contributed by atoms with Crippen LogP contribution in [0, 0.1) is 0 Å². The average molecular weight is 273 g/mol. The van der Waals surface area contributed by atoms with Crippen LogP contribution in [0.4, 0.5) is 17.6 Å². The van der Waals surface area contributed by atoms with Crippen LogP contribution in [0.5, 0.6) is 5.75 Å². The van der Waals surface area contributed by atoms with Crippen LogP contribution in [0.2, 0.25) is 0 Å². The third-order valence-electron chi connectivity index (χ3n) is 1.43. The van der Waals surface area contributed by atoms with Crippen molar-refractivity contribution in [2.45, 2.75) is 13.0 Å². The van der Waals surface area contributed by atoms with Crippen LogP contribution in [0.15, 0.2) is 22.7 Å². The van der Waals surface area contributed by atoms with E-state index < -0.39 is 13.0 Å². The number of hydrogen-bond acceptors (Lipinski definition) is 1. The van der Waals surface area contributed by atoms with Crippen molar-refractivity contribution in [2.75, 3.05) is 0 Å². The highest BCUT2D eigenvalue weighted by molar-refractivity contribution is 9.10. The molecule has 6 heteroatoms. The summed E-state index contributed by atoms with van der Waals surface area (Å²) in [6.45, 7) is -3.01. The minimum Gasteiger partial charge on any atom is -0.435 e. The zero-order chi connectivity index (χ0) is 10.7. The molecule has 0 spiro atoms. The molecule has 0 N–H and O–H groups in total. The van der Waals surface area contributed by atoms with Crippen molar-refractivity contribution in [1.29, 1.82) is 0 Å². The minimum absolute atomic E-state index is 0.161. The highest BCUT2D eigenvalue weighted by Crippen LogP contribution is 2.31. The minimum atomic E-state index is -3.01. The molecule has 0 aliphatic carbocycles. The maximum Gasteiger partial charge on any atom is 0.387 e. The number of benzene rings is 1. The predicted molar refractivity (Wildman–Crippen MR) is 45.7 cm³/mol. The van der Waals surface area contributed by atoms with Gasteiger partial charge in [0.2, 0.25) is 0 Å². The summed E-state index contributed by atoms with van der Waals surface area (Å²) in [4.78, 5) is 0. The molecule has 1 aromatic carbocycles. The molecule has 14 heavy (non-hydrogen) atoms. The van der Waals surface area contributed by atoms with E-state index in [1.54, 1.807) is 0 Å². The Kier molecular flexibility index (Phi) is 3.74. The van der Waals surface area contributed by atoms with Gasteiger partial charge in [-0.1, -0.05) is 15.9 Å². The Morgan fingerprint density at radius 3 is 2.29 bits per heavy atom. The van der Waals surface area contributed by atoms with Crippen LogP contribution >= 0.6 is 15.9 Å². The Labute approximate surface area is 85.8 Å². The fourth-order valence-corrected chi connectivity index (χ4v) is 1.28. The normalized spacial score (nSPS) is 11.1. The van der Waals surface area contributed by atoms with Crippen molar-refractivity contribution < 1.29 is 22.3 Å². The number of halogens is 5. The molecule has 0 amide bonds. The Balaban J connectivity index is 2.94. The van der Waals surface area contributed by atoms with Crippen LogP contribution < -0.4 is 4.74 Å². The van der Waals surface area contributed by atoms with E-state index in [1.165, 1.54) is 12.1 Å². The van der Waals surface area contributed by atoms with Gasteiger partial charge in [0.15, 0.2) is 0 Å². The zero-order valence-electron chi connectivity index (χ0n) is 6.68. The highest BCUT2D eigenvalue weighted by Gasteiger charge is 2.14. The molecular formula is C8H5BrF4O. The van der Waals surface area contributed by atoms with E-state index in [4.69, 9.17) is 0 Å². The van der Waals surface area contributed by atoms with Gasteiger partial charge in [0.25, 0.3) is 6.43 Å². The molecule has 0 aromatic heterocycles. The molecule has 0 aliphatic rings. The first-order valence-corrected chi connectivity index (χ1v) is 4.32. The Hall–Kier alpha value is -0.780. The smallest absolute Gasteiger partial charge is 0.387 e. The average Bonchev–Trinajstić information content (AvgIpc) is 2.07. The van der Waals surface area contributed by atoms with Gasteiger partial charge >= 0.3 is 6.61 Å². The molecule has 0 bridgehead atoms. The summed E-state index contributed by atoms with van der Waals surface area (Å²) in [5, 5.41) is 0. The van der Waals surface area contributed by atoms with Crippen molar-refractivity contribution in [3.8, 4) is 5.75 Å². The SMILES string of the molecule is FC(F)Oc1ccc(Br)c(C(F)F)c1. The second-order valence-electron chi connectivity index (χ2n) is 2.36. The molecule has 0 atom stereocenters. The maximum atomic E-state index is 12.3. The molecule has 0 aliphatic heterocycles. The van der Waals surface area contributed by atoms with Crippen LogP contribution in [0.1, 0.15) is 12.0 Å². The molecule has 1 rings (SSSR count). The molecular weight excluding hydrogens is 268 g/mol. The van der Waals surface area contributed by atoms with Gasteiger partial charge < -0.3 is 4.74 Å². The predicted octanol–water partition coefficient (Wildman–Crippen LogP) is 3.99. The van der Waals surface area contributed by atoms with Gasteiger partial charge in [0, 0.05) is 10.0 Å². The van der Waals surface area contributed by atoms with Crippen LogP contribution in [0.3, 0.4) is 0 Å². The summed E-state index contributed by atoms with van der Waals surface area (Å²) in [5.74, 6) is -0.279. The van der Waals surface area contributed by atoms with Gasteiger partial charge in [-0.15, -0.1) is 0 Å². The monoisotopic (exact) mass is 272 g/mol. The lowest BCUT2D eigenvalue weighted by atomic mass is 10.2. The number of hydrogen-bond donors (Lipinski definition) is 0. The molecule has 1 aromatic rings. The second kappa shape index (κ2) is 4.63. The first kappa shape index (κ1) is 11.3. The van der Waals surface area contributed by atoms with Crippen LogP contribution in [0.25, 0.3) is 0 Å². The van der Waals surface area contributed by atoms with Gasteiger partial charge in [-0.2, -0.15) is 8.78 Å². The molecule has 1 nitrogen and oxygen atoms in total. The summed E-state index contributed by atoms with van der Waals surface area (Å²) in [6, 6.07) is 3.29. The summed E-state index contributed by atoms with van der Waals surface area (Å²) in [6.07, 6.45) is -2.73. The third-order valence-corrected chi connectivity index (χ3v) is 2.15. The zero-order valence-corrected chi connectivity index (χ0v) is 8.27. The number of rotatable bonds is 3. The standard InChI is InChI=1S/C8H5BrF4O/c9-6-2-1-4(14-8(12)13)3-5(6)7(10)11/h1-3,7-8H. The summed E-state index contributed by atoms with van der Waals surface area (Å²) >= 11 is 2.87. The second-order valence-corrected chi connectivity index (χ2v) is 3.22. The summed E-state index contributed by atoms with van der Waals surface area (Å²) in [7, 11) is 0. The lowest BCUT2D eigenvalue weighted by molar-refractivity contribution is -0.0500. The lowest BCUT2D eigenvalue weighted by Gasteiger charge is -2.07. The van der Waals surface area contributed by atoms with Crippen molar-refractivity contribution in [3.05, 3.63) is 28.2 Å². The van der Waals surface area contributed by atoms with E-state index in [0.717, 1.165) is 6.07 Å². The molecule has 0 fully saturated rings. The van der Waals surface area contributed by atoms with Crippen molar-refractivity contribution in [1.82, 2.24) is 0 Å². The molecule has 0 unspecified atom stereocenters. The quantitative estimate of drug-likeness (QED) is 0.756. The molecule has 78 valence electrons. The molecule has 0 heterocycles. The van der Waals surface area contributed by atoms with Crippen molar-refractivity contribution >= 4 is 15.9 Å². The molecule has 0 saturated carbocycles. The number of ether oxygens (including phenoxy) is 1. The van der Waals surface area contributed by atoms with E-state index >= 15 is 0 Å². The summed E-state index contributed by atoms with van der Waals surface area (Å²) in [5.41, 5.74) is -0.372. The largest absolute Gasteiger partial charge is 0.435 e. The van der Waals surface area contributed by atoms with Gasteiger partial charge in [-0.05, 0) is 18.2 Å². The maximum absolute atomic E-state index is 12.3. The fraction of sp³-hybridized carbons (Fsp3) is 0.250. The van der Waals surface area contributed by atoms with E-state index in [9.17, 15) is 17.6 Å². The highest BCUT2D eigenvalue weighted by atomic mass is 79.9. The van der Waals surface area contributed by atoms with E-state index in [1.807, 2.05) is 0 Å². The van der Waals surface area contributed by atoms with Gasteiger partial charge in [0.05, 0.1) is 0 Å². The van der Waals surface area contributed by atoms with Gasteiger partial charge in [-0.25, -0.2) is 8.78 Å². The first-order valence-electron chi connectivity index (χ1n) is 3.53. The van der Waals surface area contributed by atoms with Crippen LogP contribution in [-0.2, 0) is 0 Å². The summed E-state index contributed by atoms with van der Waals surface area (Å²) < 4.78 is 52.1. The van der Waals surface area contributed by atoms with E-state index in [-0.39, 0.29) is 15.8 Å². The lowest BCUT2D eigenvalue weighted by Crippen LogP contribution is -2.02. The van der Waals surface area contributed by atoms with Gasteiger partial charge in [0.1, 0.15) is 5.75 Å². The topological polar surface area (TPSA) is 9.23 Å². The Bertz CT molecular complexity index is 316. The fourth-order valence-electron chi connectivity index (χ4n) is 0.865. The molecule has 0 radical (unpaired) electrons. The van der Waals surface area contributed by atoms with Crippen LogP contribution in [-0.4, -0.2) is 6.61 Å². The first-order chi connectivity index (χ1) is 6.50. The van der Waals surface area contributed by atoms with Gasteiger partial charge in [-0.3, -0.25) is 0 Å². The molecule has 0 saturated heterocycles. The Morgan fingerprint density at radius 2 is 1.79 bits per heavy atom. The number of alkyl halides is 4. The Morgan fingerprint density at radius 1 is 1.14 bits per heavy atom.